The summed E-state index contributed by atoms with van der Waals surface area (Å²) < 4.78 is 28.4. The lowest BCUT2D eigenvalue weighted by atomic mass is 9.94. The Morgan fingerprint density at radius 1 is 1.43 bits per heavy atom. The minimum absolute atomic E-state index is 0.296. The predicted octanol–water partition coefficient (Wildman–Crippen LogP) is 2.04. The molecule has 4 nitrogen and oxygen atoms in total. The number of hydrogen-bond donors (Lipinski definition) is 1. The molecule has 1 aromatic rings. The van der Waals surface area contributed by atoms with E-state index in [2.05, 4.69) is 24.4 Å². The molecule has 1 saturated heterocycles. The zero-order valence-corrected chi connectivity index (χ0v) is 13.7. The number of likely N-dealkylation sites (N-methyl/N-ethyl adjacent to an activating group) is 1. The predicted molar refractivity (Wildman–Crippen MR) is 85.5 cm³/mol. The van der Waals surface area contributed by atoms with Crippen LogP contribution in [0.5, 0.6) is 5.75 Å². The third kappa shape index (κ3) is 5.00. The van der Waals surface area contributed by atoms with E-state index in [1.165, 1.54) is 5.56 Å². The summed E-state index contributed by atoms with van der Waals surface area (Å²) in [7, 11) is -1.12. The third-order valence-electron chi connectivity index (χ3n) is 4.05. The number of sulfone groups is 1. The van der Waals surface area contributed by atoms with Gasteiger partial charge in [0.25, 0.3) is 0 Å². The van der Waals surface area contributed by atoms with Crippen molar-refractivity contribution in [2.75, 3.05) is 25.2 Å². The fourth-order valence-electron chi connectivity index (χ4n) is 3.07. The van der Waals surface area contributed by atoms with Gasteiger partial charge in [-0.1, -0.05) is 19.1 Å². The molecule has 1 aliphatic rings. The largest absolute Gasteiger partial charge is 0.497 e. The molecule has 2 unspecified atom stereocenters. The molecule has 0 amide bonds. The van der Waals surface area contributed by atoms with E-state index in [1.807, 2.05) is 12.1 Å². The molecule has 2 rings (SSSR count). The van der Waals surface area contributed by atoms with Crippen molar-refractivity contribution in [1.82, 2.24) is 5.32 Å². The minimum Gasteiger partial charge on any atom is -0.497 e. The number of ether oxygens (including phenoxy) is 1. The quantitative estimate of drug-likeness (QED) is 0.837. The Hall–Kier alpha value is -1.07. The molecule has 1 aromatic carbocycles. The van der Waals surface area contributed by atoms with Gasteiger partial charge in [0, 0.05) is 6.04 Å². The molecule has 0 aliphatic carbocycles. The lowest BCUT2D eigenvalue weighted by Crippen LogP contribution is -2.33. The van der Waals surface area contributed by atoms with Crippen LogP contribution in [0.1, 0.15) is 25.3 Å². The van der Waals surface area contributed by atoms with E-state index >= 15 is 0 Å². The molecule has 2 atom stereocenters. The number of rotatable bonds is 7. The minimum atomic E-state index is -2.79. The summed E-state index contributed by atoms with van der Waals surface area (Å²) >= 11 is 0. The summed E-state index contributed by atoms with van der Waals surface area (Å²) in [6.07, 6.45) is 2.63. The van der Waals surface area contributed by atoms with Crippen molar-refractivity contribution in [3.8, 4) is 5.75 Å². The lowest BCUT2D eigenvalue weighted by molar-refractivity contribution is 0.404. The van der Waals surface area contributed by atoms with Crippen LogP contribution in [0.2, 0.25) is 0 Å². The molecule has 118 valence electrons. The molecular formula is C16H25NO3S. The van der Waals surface area contributed by atoms with E-state index in [0.717, 1.165) is 31.6 Å². The highest BCUT2D eigenvalue weighted by molar-refractivity contribution is 7.91. The summed E-state index contributed by atoms with van der Waals surface area (Å²) in [6.45, 7) is 2.98. The molecule has 0 spiro atoms. The number of nitrogens with one attached hydrogen (secondary N) is 1. The van der Waals surface area contributed by atoms with Gasteiger partial charge in [0.05, 0.1) is 18.6 Å². The maximum atomic E-state index is 11.6. The summed E-state index contributed by atoms with van der Waals surface area (Å²) in [5.41, 5.74) is 1.22. The number of methoxy groups -OCH3 is 1. The molecule has 5 heteroatoms. The van der Waals surface area contributed by atoms with Gasteiger partial charge in [-0.05, 0) is 49.4 Å². The van der Waals surface area contributed by atoms with Crippen molar-refractivity contribution in [2.24, 2.45) is 5.92 Å². The molecule has 1 N–H and O–H groups in total. The van der Waals surface area contributed by atoms with Gasteiger partial charge in [-0.25, -0.2) is 8.42 Å². The van der Waals surface area contributed by atoms with Crippen molar-refractivity contribution < 1.29 is 13.2 Å². The first-order valence-corrected chi connectivity index (χ1v) is 9.41. The monoisotopic (exact) mass is 311 g/mol. The first kappa shape index (κ1) is 16.3. The molecule has 0 saturated carbocycles. The zero-order valence-electron chi connectivity index (χ0n) is 12.8. The Morgan fingerprint density at radius 3 is 2.86 bits per heavy atom. The average molecular weight is 311 g/mol. The first-order valence-electron chi connectivity index (χ1n) is 7.59. The lowest BCUT2D eigenvalue weighted by Gasteiger charge is -2.21. The van der Waals surface area contributed by atoms with E-state index in [4.69, 9.17) is 4.74 Å². The highest BCUT2D eigenvalue weighted by Crippen LogP contribution is 2.24. The van der Waals surface area contributed by atoms with Crippen molar-refractivity contribution >= 4 is 9.84 Å². The normalized spacial score (nSPS) is 22.1. The Bertz CT molecular complexity index is 556. The van der Waals surface area contributed by atoms with Gasteiger partial charge >= 0.3 is 0 Å². The van der Waals surface area contributed by atoms with Crippen molar-refractivity contribution in [3.63, 3.8) is 0 Å². The fraction of sp³-hybridized carbons (Fsp3) is 0.625. The van der Waals surface area contributed by atoms with E-state index in [0.29, 0.717) is 23.5 Å². The molecule has 0 aromatic heterocycles. The maximum Gasteiger partial charge on any atom is 0.150 e. The van der Waals surface area contributed by atoms with Crippen LogP contribution < -0.4 is 10.1 Å². The van der Waals surface area contributed by atoms with Gasteiger partial charge in [0.1, 0.15) is 5.75 Å². The Balaban J connectivity index is 1.98. The van der Waals surface area contributed by atoms with Crippen LogP contribution >= 0.6 is 0 Å². The fourth-order valence-corrected chi connectivity index (χ4v) is 4.95. The van der Waals surface area contributed by atoms with Gasteiger partial charge in [-0.2, -0.15) is 0 Å². The second-order valence-electron chi connectivity index (χ2n) is 5.82. The molecule has 0 radical (unpaired) electrons. The SMILES string of the molecule is CCNC(Cc1cccc(OC)c1)CC1CCS(=O)(=O)C1. The van der Waals surface area contributed by atoms with Crippen LogP contribution in [0, 0.1) is 5.92 Å². The number of hydrogen-bond acceptors (Lipinski definition) is 4. The molecule has 21 heavy (non-hydrogen) atoms. The Kier molecular flexibility index (Phi) is 5.65. The maximum absolute atomic E-state index is 11.6. The van der Waals surface area contributed by atoms with Crippen LogP contribution in [0.25, 0.3) is 0 Å². The molecule has 1 fully saturated rings. The summed E-state index contributed by atoms with van der Waals surface area (Å²) in [5, 5.41) is 3.49. The topological polar surface area (TPSA) is 55.4 Å². The Labute approximate surface area is 127 Å². The van der Waals surface area contributed by atoms with Gasteiger partial charge in [0.2, 0.25) is 0 Å². The number of benzene rings is 1. The summed E-state index contributed by atoms with van der Waals surface area (Å²) in [6, 6.07) is 8.40. The molecular weight excluding hydrogens is 286 g/mol. The highest BCUT2D eigenvalue weighted by Gasteiger charge is 2.29. The zero-order chi connectivity index (χ0) is 15.3. The second kappa shape index (κ2) is 7.27. The van der Waals surface area contributed by atoms with E-state index in [9.17, 15) is 8.42 Å². The van der Waals surface area contributed by atoms with Gasteiger partial charge in [0.15, 0.2) is 9.84 Å². The first-order chi connectivity index (χ1) is 10.0. The molecule has 0 bridgehead atoms. The van der Waals surface area contributed by atoms with Crippen LogP contribution in [-0.4, -0.2) is 39.6 Å². The van der Waals surface area contributed by atoms with E-state index in [-0.39, 0.29) is 0 Å². The summed E-state index contributed by atoms with van der Waals surface area (Å²) in [4.78, 5) is 0. The smallest absolute Gasteiger partial charge is 0.150 e. The van der Waals surface area contributed by atoms with Gasteiger partial charge in [-0.15, -0.1) is 0 Å². The van der Waals surface area contributed by atoms with Crippen molar-refractivity contribution in [3.05, 3.63) is 29.8 Å². The van der Waals surface area contributed by atoms with Crippen LogP contribution in [-0.2, 0) is 16.3 Å². The van der Waals surface area contributed by atoms with Crippen molar-refractivity contribution in [1.29, 1.82) is 0 Å². The van der Waals surface area contributed by atoms with Crippen molar-refractivity contribution in [2.45, 2.75) is 32.2 Å². The molecule has 1 heterocycles. The summed E-state index contributed by atoms with van der Waals surface area (Å²) in [5.74, 6) is 1.87. The standard InChI is InChI=1S/C16H25NO3S/c1-3-17-15(10-14-7-8-21(18,19)12-14)9-13-5-4-6-16(11-13)20-2/h4-6,11,14-15,17H,3,7-10,12H2,1-2H3. The third-order valence-corrected chi connectivity index (χ3v) is 5.89. The average Bonchev–Trinajstić information content (AvgIpc) is 2.78. The van der Waals surface area contributed by atoms with Crippen LogP contribution in [0.4, 0.5) is 0 Å². The van der Waals surface area contributed by atoms with E-state index < -0.39 is 9.84 Å². The van der Waals surface area contributed by atoms with Gasteiger partial charge in [-0.3, -0.25) is 0 Å². The van der Waals surface area contributed by atoms with Crippen LogP contribution in [0.3, 0.4) is 0 Å². The van der Waals surface area contributed by atoms with Gasteiger partial charge < -0.3 is 10.1 Å². The van der Waals surface area contributed by atoms with E-state index in [1.54, 1.807) is 7.11 Å². The Morgan fingerprint density at radius 2 is 2.24 bits per heavy atom. The highest BCUT2D eigenvalue weighted by atomic mass is 32.2. The van der Waals surface area contributed by atoms with Crippen LogP contribution in [0.15, 0.2) is 24.3 Å². The second-order valence-corrected chi connectivity index (χ2v) is 8.04. The molecule has 1 aliphatic heterocycles.